The zero-order valence-electron chi connectivity index (χ0n) is 30.3. The largest absolute Gasteiger partial charge is 0.509 e. The van der Waals surface area contributed by atoms with Crippen molar-refractivity contribution in [1.82, 2.24) is 0 Å². The number of carbonyl (C=O) groups excluding carboxylic acids is 3. The zero-order chi connectivity index (χ0) is 34.8. The van der Waals surface area contributed by atoms with Crippen LogP contribution >= 0.6 is 0 Å². The molecule has 0 aliphatic carbocycles. The van der Waals surface area contributed by atoms with Crippen molar-refractivity contribution < 1.29 is 33.3 Å². The second kappa shape index (κ2) is 25.6. The standard InChI is InChI=1S/C41H62O7/c1-5-7-9-11-13-15-17-19-21-31-37(33-27-23-25-29-35(33)39(42)45-3)47-41(44)48-38(32-22-20-18-16-14-12-10-8-6-2)34-28-24-26-30-36(34)40(43)46-4/h23-30,37-38H,5-22,31-32H2,1-4H3. The predicted octanol–water partition coefficient (Wildman–Crippen LogP) is 12.0. The minimum Gasteiger partial charge on any atom is -0.465 e. The molecule has 0 aliphatic heterocycles. The molecule has 0 N–H and O–H groups in total. The summed E-state index contributed by atoms with van der Waals surface area (Å²) in [6.07, 6.45) is 20.0. The van der Waals surface area contributed by atoms with Crippen molar-refractivity contribution in [1.29, 1.82) is 0 Å². The Morgan fingerprint density at radius 3 is 1.12 bits per heavy atom. The molecule has 0 radical (unpaired) electrons. The molecule has 2 unspecified atom stereocenters. The van der Waals surface area contributed by atoms with Gasteiger partial charge in [-0.05, 0) is 37.8 Å². The van der Waals surface area contributed by atoms with Crippen LogP contribution in [0.15, 0.2) is 48.5 Å². The van der Waals surface area contributed by atoms with E-state index in [1.807, 2.05) is 24.3 Å². The van der Waals surface area contributed by atoms with Gasteiger partial charge in [-0.3, -0.25) is 0 Å². The molecule has 2 atom stereocenters. The quantitative estimate of drug-likeness (QED) is 0.0561. The molecule has 0 aliphatic rings. The fourth-order valence-corrected chi connectivity index (χ4v) is 6.24. The zero-order valence-corrected chi connectivity index (χ0v) is 30.3. The second-order valence-corrected chi connectivity index (χ2v) is 12.9. The molecule has 268 valence electrons. The number of hydrogen-bond donors (Lipinski definition) is 0. The Morgan fingerprint density at radius 2 is 0.792 bits per heavy atom. The van der Waals surface area contributed by atoms with Crippen molar-refractivity contribution in [2.75, 3.05) is 14.2 Å². The first-order valence-electron chi connectivity index (χ1n) is 18.7. The van der Waals surface area contributed by atoms with Crippen LogP contribution < -0.4 is 0 Å². The van der Waals surface area contributed by atoms with E-state index in [-0.39, 0.29) is 0 Å². The van der Waals surface area contributed by atoms with Gasteiger partial charge in [0, 0.05) is 11.1 Å². The van der Waals surface area contributed by atoms with E-state index in [1.54, 1.807) is 24.3 Å². The van der Waals surface area contributed by atoms with E-state index in [4.69, 9.17) is 18.9 Å². The highest BCUT2D eigenvalue weighted by Gasteiger charge is 2.27. The molecule has 0 saturated carbocycles. The van der Waals surface area contributed by atoms with E-state index >= 15 is 0 Å². The van der Waals surface area contributed by atoms with Crippen LogP contribution in [-0.4, -0.2) is 32.3 Å². The summed E-state index contributed by atoms with van der Waals surface area (Å²) >= 11 is 0. The molecule has 7 nitrogen and oxygen atoms in total. The molecule has 0 spiro atoms. The molecule has 7 heteroatoms. The van der Waals surface area contributed by atoms with Gasteiger partial charge in [-0.25, -0.2) is 14.4 Å². The number of ether oxygens (including phenoxy) is 4. The Morgan fingerprint density at radius 1 is 0.479 bits per heavy atom. The van der Waals surface area contributed by atoms with Crippen molar-refractivity contribution in [3.63, 3.8) is 0 Å². The van der Waals surface area contributed by atoms with Gasteiger partial charge in [0.15, 0.2) is 0 Å². The summed E-state index contributed by atoms with van der Waals surface area (Å²) in [5.74, 6) is -0.954. The van der Waals surface area contributed by atoms with Gasteiger partial charge >= 0.3 is 18.1 Å². The third-order valence-corrected chi connectivity index (χ3v) is 9.04. The number of rotatable bonds is 26. The fraction of sp³-hybridized carbons (Fsp3) is 0.634. The molecule has 0 saturated heterocycles. The molecule has 0 bridgehead atoms. The Balaban J connectivity index is 2.14. The Labute approximate surface area is 290 Å². The number of esters is 2. The lowest BCUT2D eigenvalue weighted by molar-refractivity contribution is -0.00960. The van der Waals surface area contributed by atoms with E-state index in [1.165, 1.54) is 91.3 Å². The van der Waals surface area contributed by atoms with Crippen LogP contribution in [0.5, 0.6) is 0 Å². The monoisotopic (exact) mass is 666 g/mol. The van der Waals surface area contributed by atoms with Crippen LogP contribution in [0.1, 0.15) is 186 Å². The summed E-state index contributed by atoms with van der Waals surface area (Å²) in [6.45, 7) is 4.46. The van der Waals surface area contributed by atoms with Crippen molar-refractivity contribution in [2.24, 2.45) is 0 Å². The van der Waals surface area contributed by atoms with E-state index in [2.05, 4.69) is 13.8 Å². The first-order chi connectivity index (χ1) is 23.5. The minimum atomic E-state index is -0.823. The fourth-order valence-electron chi connectivity index (χ4n) is 6.24. The van der Waals surface area contributed by atoms with Crippen LogP contribution in [0.2, 0.25) is 0 Å². The molecule has 48 heavy (non-hydrogen) atoms. The van der Waals surface area contributed by atoms with Gasteiger partial charge in [0.05, 0.1) is 25.3 Å². The third-order valence-electron chi connectivity index (χ3n) is 9.04. The first kappa shape index (κ1) is 40.8. The van der Waals surface area contributed by atoms with Gasteiger partial charge in [0.1, 0.15) is 12.2 Å². The van der Waals surface area contributed by atoms with E-state index in [0.29, 0.717) is 35.1 Å². The Bertz CT molecular complexity index is 1090. The maximum absolute atomic E-state index is 13.6. The molecule has 2 rings (SSSR count). The van der Waals surface area contributed by atoms with Gasteiger partial charge in [0.25, 0.3) is 0 Å². The van der Waals surface area contributed by atoms with Gasteiger partial charge in [-0.15, -0.1) is 0 Å². The summed E-state index contributed by atoms with van der Waals surface area (Å²) in [7, 11) is 2.69. The first-order valence-corrected chi connectivity index (χ1v) is 18.7. The second-order valence-electron chi connectivity index (χ2n) is 12.9. The average molecular weight is 667 g/mol. The lowest BCUT2D eigenvalue weighted by Crippen LogP contribution is -2.20. The van der Waals surface area contributed by atoms with E-state index < -0.39 is 30.3 Å². The predicted molar refractivity (Wildman–Crippen MR) is 192 cm³/mol. The molecule has 2 aromatic rings. The molecule has 0 amide bonds. The number of benzene rings is 2. The Hall–Kier alpha value is -3.35. The van der Waals surface area contributed by atoms with Gasteiger partial charge in [-0.1, -0.05) is 153 Å². The maximum Gasteiger partial charge on any atom is 0.509 e. The van der Waals surface area contributed by atoms with Crippen LogP contribution in [0, 0.1) is 0 Å². The van der Waals surface area contributed by atoms with Crippen LogP contribution in [0.25, 0.3) is 0 Å². The van der Waals surface area contributed by atoms with Crippen LogP contribution in [0.4, 0.5) is 4.79 Å². The highest BCUT2D eigenvalue weighted by atomic mass is 16.7. The molecular formula is C41H62O7. The summed E-state index contributed by atoms with van der Waals surface area (Å²) in [5, 5.41) is 0. The van der Waals surface area contributed by atoms with Gasteiger partial charge < -0.3 is 18.9 Å². The third kappa shape index (κ3) is 15.7. The lowest BCUT2D eigenvalue weighted by atomic mass is 9.97. The highest BCUT2D eigenvalue weighted by Crippen LogP contribution is 2.32. The number of carbonyl (C=O) groups is 3. The minimum absolute atomic E-state index is 0.371. The van der Waals surface area contributed by atoms with Gasteiger partial charge in [0.2, 0.25) is 0 Å². The topological polar surface area (TPSA) is 88.1 Å². The molecule has 0 aromatic heterocycles. The van der Waals surface area contributed by atoms with E-state index in [0.717, 1.165) is 38.5 Å². The Kier molecular flexibility index (Phi) is 21.8. The highest BCUT2D eigenvalue weighted by molar-refractivity contribution is 5.91. The smallest absolute Gasteiger partial charge is 0.465 e. The lowest BCUT2D eigenvalue weighted by Gasteiger charge is -2.24. The molecule has 0 heterocycles. The van der Waals surface area contributed by atoms with Crippen molar-refractivity contribution >= 4 is 18.1 Å². The number of hydrogen-bond acceptors (Lipinski definition) is 7. The van der Waals surface area contributed by atoms with Crippen molar-refractivity contribution in [3.05, 3.63) is 70.8 Å². The summed E-state index contributed by atoms with van der Waals surface area (Å²) in [6, 6.07) is 14.2. The summed E-state index contributed by atoms with van der Waals surface area (Å²) in [5.41, 5.74) is 1.95. The van der Waals surface area contributed by atoms with E-state index in [9.17, 15) is 14.4 Å². The average Bonchev–Trinajstić information content (AvgIpc) is 3.11. The summed E-state index contributed by atoms with van der Waals surface area (Å²) < 4.78 is 22.1. The number of methoxy groups -OCH3 is 2. The van der Waals surface area contributed by atoms with Crippen molar-refractivity contribution in [2.45, 2.75) is 154 Å². The number of unbranched alkanes of at least 4 members (excludes halogenated alkanes) is 16. The van der Waals surface area contributed by atoms with Crippen molar-refractivity contribution in [3.8, 4) is 0 Å². The van der Waals surface area contributed by atoms with Gasteiger partial charge in [-0.2, -0.15) is 0 Å². The normalized spacial score (nSPS) is 12.2. The molecule has 0 fully saturated rings. The van der Waals surface area contributed by atoms with Crippen LogP contribution in [0.3, 0.4) is 0 Å². The molecular weight excluding hydrogens is 604 g/mol. The summed E-state index contributed by atoms with van der Waals surface area (Å²) in [4.78, 5) is 38.9. The van der Waals surface area contributed by atoms with Crippen LogP contribution in [-0.2, 0) is 18.9 Å². The maximum atomic E-state index is 13.6. The SMILES string of the molecule is CCCCCCCCCCCC(OC(=O)OC(CCCCCCCCCCC)c1ccccc1C(=O)OC)c1ccccc1C(=O)OC. The molecule has 2 aromatic carbocycles.